The van der Waals surface area contributed by atoms with Gasteiger partial charge in [0.25, 0.3) is 0 Å². The summed E-state index contributed by atoms with van der Waals surface area (Å²) in [6, 6.07) is 0. The van der Waals surface area contributed by atoms with Crippen LogP contribution in [0.2, 0.25) is 0 Å². The van der Waals surface area contributed by atoms with Crippen LogP contribution in [-0.2, 0) is 4.74 Å². The lowest BCUT2D eigenvalue weighted by Crippen LogP contribution is -2.28. The van der Waals surface area contributed by atoms with Crippen LogP contribution in [0.1, 0.15) is 45.4 Å². The molecule has 0 radical (unpaired) electrons. The Kier molecular flexibility index (Phi) is 5.30. The van der Waals surface area contributed by atoms with Crippen molar-refractivity contribution in [3.05, 3.63) is 0 Å². The van der Waals surface area contributed by atoms with Crippen LogP contribution in [0.5, 0.6) is 0 Å². The summed E-state index contributed by atoms with van der Waals surface area (Å²) in [5.41, 5.74) is 0. The Morgan fingerprint density at radius 3 is 2.76 bits per heavy atom. The van der Waals surface area contributed by atoms with Crippen LogP contribution >= 0.6 is 0 Å². The monoisotopic (exact) mass is 239 g/mol. The van der Waals surface area contributed by atoms with E-state index in [1.54, 1.807) is 20.0 Å². The van der Waals surface area contributed by atoms with Crippen molar-refractivity contribution >= 4 is 0 Å². The number of ether oxygens (including phenoxy) is 1. The van der Waals surface area contributed by atoms with Gasteiger partial charge in [0, 0.05) is 13.7 Å². The molecular weight excluding hydrogens is 210 g/mol. The quantitative estimate of drug-likeness (QED) is 0.657. The van der Waals surface area contributed by atoms with Gasteiger partial charge in [-0.1, -0.05) is 19.8 Å². The van der Waals surface area contributed by atoms with Crippen molar-refractivity contribution in [3.63, 3.8) is 0 Å². The normalized spacial score (nSPS) is 33.2. The van der Waals surface area contributed by atoms with Crippen LogP contribution in [0.15, 0.2) is 0 Å². The first-order chi connectivity index (χ1) is 8.33. The molecule has 0 aromatic heterocycles. The summed E-state index contributed by atoms with van der Waals surface area (Å²) in [6.45, 7) is 5.37. The summed E-state index contributed by atoms with van der Waals surface area (Å²) in [6.07, 6.45) is 8.95. The number of hydrogen-bond donors (Lipinski definition) is 1. The average molecular weight is 239 g/mol. The zero-order valence-corrected chi connectivity index (χ0v) is 11.6. The van der Waals surface area contributed by atoms with Gasteiger partial charge in [-0.25, -0.2) is 0 Å². The molecule has 0 aliphatic heterocycles. The maximum Gasteiger partial charge on any atom is 0.0587 e. The van der Waals surface area contributed by atoms with Crippen LogP contribution < -0.4 is 5.32 Å². The molecule has 2 nitrogen and oxygen atoms in total. The van der Waals surface area contributed by atoms with Crippen molar-refractivity contribution in [3.8, 4) is 0 Å². The first kappa shape index (κ1) is 13.4. The smallest absolute Gasteiger partial charge is 0.0587 e. The van der Waals surface area contributed by atoms with Gasteiger partial charge in [-0.3, -0.25) is 0 Å². The largest absolute Gasteiger partial charge is 0.383 e. The number of methoxy groups -OCH3 is 1. The Balaban J connectivity index is 1.65. The SMILES string of the molecule is CCC(CNCCOC)CC1CC2CCC1C2. The van der Waals surface area contributed by atoms with Crippen molar-refractivity contribution in [2.75, 3.05) is 26.8 Å². The van der Waals surface area contributed by atoms with Crippen LogP contribution in [0.4, 0.5) is 0 Å². The third kappa shape index (κ3) is 3.69. The second-order valence-electron chi connectivity index (χ2n) is 6.14. The molecule has 0 aromatic rings. The van der Waals surface area contributed by atoms with E-state index in [1.807, 2.05) is 0 Å². The van der Waals surface area contributed by atoms with Gasteiger partial charge in [0.05, 0.1) is 6.61 Å². The summed E-state index contributed by atoms with van der Waals surface area (Å²) < 4.78 is 5.07. The standard InChI is InChI=1S/C15H29NO/c1-3-12(11-16-6-7-17-2)8-15-10-13-4-5-14(15)9-13/h12-16H,3-11H2,1-2H3. The Morgan fingerprint density at radius 1 is 1.29 bits per heavy atom. The molecule has 17 heavy (non-hydrogen) atoms. The minimum Gasteiger partial charge on any atom is -0.383 e. The van der Waals surface area contributed by atoms with E-state index < -0.39 is 0 Å². The first-order valence-electron chi connectivity index (χ1n) is 7.53. The van der Waals surface area contributed by atoms with Crippen molar-refractivity contribution in [2.24, 2.45) is 23.7 Å². The molecule has 0 saturated heterocycles. The Morgan fingerprint density at radius 2 is 2.18 bits per heavy atom. The van der Waals surface area contributed by atoms with Gasteiger partial charge >= 0.3 is 0 Å². The molecule has 2 heteroatoms. The number of fused-ring (bicyclic) bond motifs is 2. The second-order valence-corrected chi connectivity index (χ2v) is 6.14. The lowest BCUT2D eigenvalue weighted by Gasteiger charge is -2.26. The van der Waals surface area contributed by atoms with Gasteiger partial charge in [-0.15, -0.1) is 0 Å². The highest BCUT2D eigenvalue weighted by Crippen LogP contribution is 2.50. The zero-order chi connectivity index (χ0) is 12.1. The molecule has 0 amide bonds. The third-order valence-electron chi connectivity index (χ3n) is 5.01. The van der Waals surface area contributed by atoms with E-state index in [0.717, 1.165) is 36.8 Å². The van der Waals surface area contributed by atoms with E-state index in [4.69, 9.17) is 4.74 Å². The van der Waals surface area contributed by atoms with Gasteiger partial charge < -0.3 is 10.1 Å². The maximum absolute atomic E-state index is 5.07. The minimum atomic E-state index is 0.838. The highest BCUT2D eigenvalue weighted by atomic mass is 16.5. The van der Waals surface area contributed by atoms with Crippen molar-refractivity contribution in [1.29, 1.82) is 0 Å². The molecule has 2 saturated carbocycles. The fourth-order valence-electron chi connectivity index (χ4n) is 3.97. The molecule has 2 rings (SSSR count). The van der Waals surface area contributed by atoms with Crippen LogP contribution in [0.25, 0.3) is 0 Å². The fourth-order valence-corrected chi connectivity index (χ4v) is 3.97. The van der Waals surface area contributed by atoms with E-state index in [2.05, 4.69) is 12.2 Å². The Labute approximate surface area is 107 Å². The summed E-state index contributed by atoms with van der Waals surface area (Å²) >= 11 is 0. The lowest BCUT2D eigenvalue weighted by atomic mass is 9.81. The predicted octanol–water partition coefficient (Wildman–Crippen LogP) is 3.07. The van der Waals surface area contributed by atoms with Crippen molar-refractivity contribution < 1.29 is 4.74 Å². The van der Waals surface area contributed by atoms with Gasteiger partial charge in [0.2, 0.25) is 0 Å². The summed E-state index contributed by atoms with van der Waals surface area (Å²) in [4.78, 5) is 0. The number of nitrogens with one attached hydrogen (secondary N) is 1. The van der Waals surface area contributed by atoms with Gasteiger partial charge in [0.15, 0.2) is 0 Å². The maximum atomic E-state index is 5.07. The highest BCUT2D eigenvalue weighted by molar-refractivity contribution is 4.90. The van der Waals surface area contributed by atoms with Crippen LogP contribution in [0.3, 0.4) is 0 Å². The predicted molar refractivity (Wildman–Crippen MR) is 72.1 cm³/mol. The molecule has 1 N–H and O–H groups in total. The Hall–Kier alpha value is -0.0800. The molecule has 4 atom stereocenters. The number of hydrogen-bond acceptors (Lipinski definition) is 2. The molecule has 2 fully saturated rings. The summed E-state index contributed by atoms with van der Waals surface area (Å²) in [5, 5.41) is 3.53. The van der Waals surface area contributed by atoms with Gasteiger partial charge in [-0.05, 0) is 55.9 Å². The molecule has 4 unspecified atom stereocenters. The molecule has 0 aromatic carbocycles. The van der Waals surface area contributed by atoms with E-state index in [1.165, 1.54) is 32.2 Å². The molecular formula is C15H29NO. The summed E-state index contributed by atoms with van der Waals surface area (Å²) in [7, 11) is 1.77. The molecule has 100 valence electrons. The zero-order valence-electron chi connectivity index (χ0n) is 11.6. The highest BCUT2D eigenvalue weighted by Gasteiger charge is 2.39. The second kappa shape index (κ2) is 6.75. The first-order valence-corrected chi connectivity index (χ1v) is 7.53. The fraction of sp³-hybridized carbons (Fsp3) is 1.00. The van der Waals surface area contributed by atoms with Gasteiger partial charge in [-0.2, -0.15) is 0 Å². The molecule has 0 heterocycles. The van der Waals surface area contributed by atoms with E-state index >= 15 is 0 Å². The van der Waals surface area contributed by atoms with Crippen molar-refractivity contribution in [2.45, 2.75) is 45.4 Å². The van der Waals surface area contributed by atoms with Gasteiger partial charge in [0.1, 0.15) is 0 Å². The van der Waals surface area contributed by atoms with Crippen molar-refractivity contribution in [1.82, 2.24) is 5.32 Å². The molecule has 2 bridgehead atoms. The topological polar surface area (TPSA) is 21.3 Å². The third-order valence-corrected chi connectivity index (χ3v) is 5.01. The average Bonchev–Trinajstić information content (AvgIpc) is 2.95. The molecule has 2 aliphatic carbocycles. The minimum absolute atomic E-state index is 0.838. The summed E-state index contributed by atoms with van der Waals surface area (Å²) in [5.74, 6) is 4.14. The van der Waals surface area contributed by atoms with Crippen LogP contribution in [-0.4, -0.2) is 26.8 Å². The Bertz CT molecular complexity index is 219. The van der Waals surface area contributed by atoms with E-state index in [9.17, 15) is 0 Å². The van der Waals surface area contributed by atoms with E-state index in [0.29, 0.717) is 0 Å². The lowest BCUT2D eigenvalue weighted by molar-refractivity contribution is 0.194. The number of rotatable bonds is 8. The molecule has 2 aliphatic rings. The molecule has 0 spiro atoms. The van der Waals surface area contributed by atoms with E-state index in [-0.39, 0.29) is 0 Å². The van der Waals surface area contributed by atoms with Crippen LogP contribution in [0, 0.1) is 23.7 Å².